The molecule has 162 valence electrons. The average molecular weight is 428 g/mol. The Bertz CT molecular complexity index is 1360. The first-order valence-electron chi connectivity index (χ1n) is 10.3. The average Bonchev–Trinajstić information content (AvgIpc) is 2.76. The van der Waals surface area contributed by atoms with E-state index in [4.69, 9.17) is 4.74 Å². The molecule has 0 saturated heterocycles. The van der Waals surface area contributed by atoms with Gasteiger partial charge in [-0.05, 0) is 55.7 Å². The molecule has 2 aromatic carbocycles. The van der Waals surface area contributed by atoms with Crippen molar-refractivity contribution in [2.45, 2.75) is 27.4 Å². The van der Waals surface area contributed by atoms with Crippen LogP contribution in [0.25, 0.3) is 5.65 Å². The summed E-state index contributed by atoms with van der Waals surface area (Å²) < 4.78 is 7.46. The molecular weight excluding hydrogens is 404 g/mol. The fraction of sp³-hybridized carbons (Fsp3) is 0.160. The topological polar surface area (TPSA) is 84.7 Å². The maximum atomic E-state index is 12.4. The third kappa shape index (κ3) is 4.62. The van der Waals surface area contributed by atoms with Crippen LogP contribution in [0.15, 0.2) is 71.7 Å². The fourth-order valence-corrected chi connectivity index (χ4v) is 3.37. The molecule has 2 heterocycles. The summed E-state index contributed by atoms with van der Waals surface area (Å²) in [5.74, 6) is 0.602. The third-order valence-corrected chi connectivity index (χ3v) is 5.15. The summed E-state index contributed by atoms with van der Waals surface area (Å²) in [5, 5.41) is 5.67. The number of carbonyl (C=O) groups excluding carboxylic acids is 1. The molecule has 2 amide bonds. The van der Waals surface area contributed by atoms with E-state index < -0.39 is 0 Å². The molecule has 32 heavy (non-hydrogen) atoms. The van der Waals surface area contributed by atoms with Crippen LogP contribution in [0.3, 0.4) is 0 Å². The number of ether oxygens (including phenoxy) is 1. The van der Waals surface area contributed by atoms with Gasteiger partial charge in [-0.2, -0.15) is 0 Å². The normalized spacial score (nSPS) is 10.7. The van der Waals surface area contributed by atoms with Crippen LogP contribution in [0.5, 0.6) is 5.75 Å². The second-order valence-corrected chi connectivity index (χ2v) is 7.63. The first-order chi connectivity index (χ1) is 15.4. The summed E-state index contributed by atoms with van der Waals surface area (Å²) in [6, 6.07) is 17.9. The van der Waals surface area contributed by atoms with Gasteiger partial charge in [0.15, 0.2) is 0 Å². The molecule has 0 spiro atoms. The highest BCUT2D eigenvalue weighted by molar-refractivity contribution is 6.00. The highest BCUT2D eigenvalue weighted by Crippen LogP contribution is 2.24. The van der Waals surface area contributed by atoms with Gasteiger partial charge in [-0.3, -0.25) is 9.20 Å². The molecule has 7 heteroatoms. The van der Waals surface area contributed by atoms with E-state index in [0.29, 0.717) is 22.8 Å². The number of aromatic nitrogens is 2. The van der Waals surface area contributed by atoms with Crippen LogP contribution in [0.2, 0.25) is 0 Å². The van der Waals surface area contributed by atoms with Crippen molar-refractivity contribution >= 4 is 23.1 Å². The number of carbonyl (C=O) groups is 1. The van der Waals surface area contributed by atoms with Crippen LogP contribution in [-0.2, 0) is 6.61 Å². The predicted molar refractivity (Wildman–Crippen MR) is 126 cm³/mol. The number of nitrogens with one attached hydrogen (secondary N) is 2. The van der Waals surface area contributed by atoms with Crippen molar-refractivity contribution in [3.05, 3.63) is 99.6 Å². The van der Waals surface area contributed by atoms with E-state index >= 15 is 0 Å². The molecule has 0 unspecified atom stereocenters. The van der Waals surface area contributed by atoms with Gasteiger partial charge in [-0.1, -0.05) is 30.3 Å². The first kappa shape index (κ1) is 21.1. The lowest BCUT2D eigenvalue weighted by atomic mass is 10.2. The number of rotatable bonds is 5. The second-order valence-electron chi connectivity index (χ2n) is 7.63. The lowest BCUT2D eigenvalue weighted by Gasteiger charge is -2.13. The standard InChI is InChI=1S/C25H24N4O3/c1-16-7-4-5-9-21(16)28-25(31)27-19-11-10-17(2)22(13-19)32-15-20-14-23(30)29-12-6-8-18(3)24(29)26-20/h4-14H,15H2,1-3H3,(H2,27,28,31). The van der Waals surface area contributed by atoms with Gasteiger partial charge in [0, 0.05) is 29.7 Å². The van der Waals surface area contributed by atoms with Crippen molar-refractivity contribution in [3.8, 4) is 5.75 Å². The monoisotopic (exact) mass is 428 g/mol. The summed E-state index contributed by atoms with van der Waals surface area (Å²) in [5.41, 5.74) is 5.13. The van der Waals surface area contributed by atoms with E-state index in [9.17, 15) is 9.59 Å². The van der Waals surface area contributed by atoms with E-state index in [-0.39, 0.29) is 18.2 Å². The maximum absolute atomic E-state index is 12.4. The maximum Gasteiger partial charge on any atom is 0.323 e. The van der Waals surface area contributed by atoms with Gasteiger partial charge in [-0.25, -0.2) is 9.78 Å². The number of amides is 2. The van der Waals surface area contributed by atoms with Crippen molar-refractivity contribution in [1.82, 2.24) is 9.38 Å². The molecule has 0 atom stereocenters. The number of hydrogen-bond acceptors (Lipinski definition) is 4. The number of hydrogen-bond donors (Lipinski definition) is 2. The van der Waals surface area contributed by atoms with Gasteiger partial charge in [-0.15, -0.1) is 0 Å². The van der Waals surface area contributed by atoms with Crippen molar-refractivity contribution in [1.29, 1.82) is 0 Å². The van der Waals surface area contributed by atoms with Gasteiger partial charge < -0.3 is 15.4 Å². The van der Waals surface area contributed by atoms with Gasteiger partial charge in [0.25, 0.3) is 5.56 Å². The van der Waals surface area contributed by atoms with Crippen LogP contribution in [0.4, 0.5) is 16.2 Å². The Morgan fingerprint density at radius 2 is 1.72 bits per heavy atom. The molecule has 0 saturated carbocycles. The zero-order chi connectivity index (χ0) is 22.7. The number of pyridine rings is 1. The summed E-state index contributed by atoms with van der Waals surface area (Å²) in [7, 11) is 0. The number of aryl methyl sites for hydroxylation is 3. The van der Waals surface area contributed by atoms with Gasteiger partial charge in [0.1, 0.15) is 18.0 Å². The predicted octanol–water partition coefficient (Wildman–Crippen LogP) is 4.84. The molecule has 2 aromatic heterocycles. The Kier molecular flexibility index (Phi) is 5.89. The Morgan fingerprint density at radius 1 is 0.938 bits per heavy atom. The minimum atomic E-state index is -0.339. The number of para-hydroxylation sites is 1. The highest BCUT2D eigenvalue weighted by Gasteiger charge is 2.09. The van der Waals surface area contributed by atoms with Crippen LogP contribution in [0.1, 0.15) is 22.4 Å². The van der Waals surface area contributed by atoms with Crippen molar-refractivity contribution in [2.24, 2.45) is 0 Å². The first-order valence-corrected chi connectivity index (χ1v) is 10.3. The van der Waals surface area contributed by atoms with E-state index in [0.717, 1.165) is 22.4 Å². The quantitative estimate of drug-likeness (QED) is 0.476. The van der Waals surface area contributed by atoms with E-state index in [1.807, 2.05) is 69.3 Å². The lowest BCUT2D eigenvalue weighted by Crippen LogP contribution is -2.20. The summed E-state index contributed by atoms with van der Waals surface area (Å²) in [6.07, 6.45) is 1.70. The smallest absolute Gasteiger partial charge is 0.323 e. The molecule has 4 aromatic rings. The molecule has 0 aliphatic rings. The number of nitrogens with zero attached hydrogens (tertiary/aromatic N) is 2. The Balaban J connectivity index is 1.48. The van der Waals surface area contributed by atoms with E-state index in [1.54, 1.807) is 12.3 Å². The Labute approximate surface area is 185 Å². The van der Waals surface area contributed by atoms with Gasteiger partial charge in [0.2, 0.25) is 0 Å². The van der Waals surface area contributed by atoms with E-state index in [1.165, 1.54) is 10.5 Å². The van der Waals surface area contributed by atoms with Crippen LogP contribution >= 0.6 is 0 Å². The number of fused-ring (bicyclic) bond motifs is 1. The second kappa shape index (κ2) is 8.93. The molecule has 4 rings (SSSR count). The number of urea groups is 1. The molecule has 0 bridgehead atoms. The molecule has 0 aliphatic heterocycles. The molecule has 2 N–H and O–H groups in total. The summed E-state index contributed by atoms with van der Waals surface area (Å²) >= 11 is 0. The van der Waals surface area contributed by atoms with Gasteiger partial charge >= 0.3 is 6.03 Å². The number of anilines is 2. The third-order valence-electron chi connectivity index (χ3n) is 5.15. The fourth-order valence-electron chi connectivity index (χ4n) is 3.37. The minimum Gasteiger partial charge on any atom is -0.487 e. The summed E-state index contributed by atoms with van der Waals surface area (Å²) in [6.45, 7) is 5.90. The molecule has 7 nitrogen and oxygen atoms in total. The molecule has 0 radical (unpaired) electrons. The molecule has 0 aliphatic carbocycles. The Hall–Kier alpha value is -4.13. The van der Waals surface area contributed by atoms with Crippen LogP contribution < -0.4 is 20.9 Å². The lowest BCUT2D eigenvalue weighted by molar-refractivity contribution is 0.262. The van der Waals surface area contributed by atoms with E-state index in [2.05, 4.69) is 15.6 Å². The SMILES string of the molecule is Cc1ccccc1NC(=O)Nc1ccc(C)c(OCc2cc(=O)n3cccc(C)c3n2)c1. The van der Waals surface area contributed by atoms with Crippen LogP contribution in [0, 0.1) is 20.8 Å². The molecular formula is C25H24N4O3. The number of benzene rings is 2. The zero-order valence-electron chi connectivity index (χ0n) is 18.2. The van der Waals surface area contributed by atoms with Crippen molar-refractivity contribution in [3.63, 3.8) is 0 Å². The molecule has 0 fully saturated rings. The van der Waals surface area contributed by atoms with Gasteiger partial charge in [0.05, 0.1) is 5.69 Å². The minimum absolute atomic E-state index is 0.139. The van der Waals surface area contributed by atoms with Crippen molar-refractivity contribution < 1.29 is 9.53 Å². The zero-order valence-corrected chi connectivity index (χ0v) is 18.2. The van der Waals surface area contributed by atoms with Crippen LogP contribution in [-0.4, -0.2) is 15.4 Å². The highest BCUT2D eigenvalue weighted by atomic mass is 16.5. The largest absolute Gasteiger partial charge is 0.487 e. The Morgan fingerprint density at radius 3 is 2.53 bits per heavy atom. The van der Waals surface area contributed by atoms with Crippen molar-refractivity contribution in [2.75, 3.05) is 10.6 Å². The summed E-state index contributed by atoms with van der Waals surface area (Å²) in [4.78, 5) is 29.4.